The van der Waals surface area contributed by atoms with Crippen LogP contribution in [0.3, 0.4) is 0 Å². The molecule has 2 nitrogen and oxygen atoms in total. The SMILES string of the molecule is CCC(C)(C)c1ccc2oc(C(=O)C(C)(C)C)cc2c1. The number of carbonyl (C=O) groups excluding carboxylic acids is 1. The quantitative estimate of drug-likeness (QED) is 0.705. The number of rotatable bonds is 3. The second kappa shape index (κ2) is 4.76. The van der Waals surface area contributed by atoms with Gasteiger partial charge in [0.25, 0.3) is 0 Å². The Morgan fingerprint density at radius 3 is 2.30 bits per heavy atom. The van der Waals surface area contributed by atoms with E-state index in [-0.39, 0.29) is 11.2 Å². The van der Waals surface area contributed by atoms with Crippen LogP contribution in [0, 0.1) is 5.41 Å². The monoisotopic (exact) mass is 272 g/mol. The van der Waals surface area contributed by atoms with Crippen molar-refractivity contribution < 1.29 is 9.21 Å². The number of benzene rings is 1. The smallest absolute Gasteiger partial charge is 0.203 e. The van der Waals surface area contributed by atoms with Crippen LogP contribution in [0.1, 0.15) is 64.1 Å². The molecule has 108 valence electrons. The van der Waals surface area contributed by atoms with E-state index in [2.05, 4.69) is 32.9 Å². The van der Waals surface area contributed by atoms with Crippen LogP contribution >= 0.6 is 0 Å². The normalized spacial score (nSPS) is 12.9. The molecule has 0 radical (unpaired) electrons. The first kappa shape index (κ1) is 14.8. The molecular weight excluding hydrogens is 248 g/mol. The molecule has 0 unspecified atom stereocenters. The van der Waals surface area contributed by atoms with Gasteiger partial charge >= 0.3 is 0 Å². The molecule has 0 N–H and O–H groups in total. The van der Waals surface area contributed by atoms with Crippen LogP contribution in [0.15, 0.2) is 28.7 Å². The van der Waals surface area contributed by atoms with Gasteiger partial charge < -0.3 is 4.42 Å². The number of Topliss-reactive ketones (excluding diaryl/α,β-unsaturated/α-hetero) is 1. The average molecular weight is 272 g/mol. The zero-order valence-electron chi connectivity index (χ0n) is 13.3. The molecule has 0 atom stereocenters. The minimum Gasteiger partial charge on any atom is -0.453 e. The highest BCUT2D eigenvalue weighted by molar-refractivity contribution is 6.00. The standard InChI is InChI=1S/C18H24O2/c1-7-18(5,6)13-8-9-14-12(10-13)11-15(20-14)16(19)17(2,3)4/h8-11H,7H2,1-6H3. The first-order valence-electron chi connectivity index (χ1n) is 7.24. The van der Waals surface area contributed by atoms with Crippen molar-refractivity contribution in [3.63, 3.8) is 0 Å². The van der Waals surface area contributed by atoms with Crippen LogP contribution in [0.2, 0.25) is 0 Å². The van der Waals surface area contributed by atoms with Gasteiger partial charge in [0.15, 0.2) is 5.76 Å². The Kier molecular flexibility index (Phi) is 3.53. The zero-order chi connectivity index (χ0) is 15.1. The molecule has 2 heteroatoms. The average Bonchev–Trinajstić information content (AvgIpc) is 2.79. The Bertz CT molecular complexity index is 639. The van der Waals surface area contributed by atoms with Crippen LogP contribution in [0.4, 0.5) is 0 Å². The molecule has 1 aromatic carbocycles. The molecule has 0 aliphatic heterocycles. The van der Waals surface area contributed by atoms with Crippen molar-refractivity contribution in [3.05, 3.63) is 35.6 Å². The number of carbonyl (C=O) groups is 1. The molecule has 0 aliphatic carbocycles. The molecule has 1 heterocycles. The molecule has 0 bridgehead atoms. The maximum atomic E-state index is 12.3. The highest BCUT2D eigenvalue weighted by Gasteiger charge is 2.26. The van der Waals surface area contributed by atoms with Crippen molar-refractivity contribution in [1.82, 2.24) is 0 Å². The topological polar surface area (TPSA) is 30.2 Å². The minimum atomic E-state index is -0.417. The van der Waals surface area contributed by atoms with Gasteiger partial charge in [-0.25, -0.2) is 0 Å². The van der Waals surface area contributed by atoms with Crippen LogP contribution in [-0.2, 0) is 5.41 Å². The third-order valence-corrected chi connectivity index (χ3v) is 4.09. The summed E-state index contributed by atoms with van der Waals surface area (Å²) in [6, 6.07) is 8.09. The summed E-state index contributed by atoms with van der Waals surface area (Å²) in [4.78, 5) is 12.3. The van der Waals surface area contributed by atoms with E-state index in [9.17, 15) is 4.79 Å². The Balaban J connectivity index is 2.48. The van der Waals surface area contributed by atoms with Crippen LogP contribution in [0.25, 0.3) is 11.0 Å². The van der Waals surface area contributed by atoms with Crippen molar-refractivity contribution in [1.29, 1.82) is 0 Å². The molecule has 20 heavy (non-hydrogen) atoms. The van der Waals surface area contributed by atoms with E-state index in [0.717, 1.165) is 17.4 Å². The summed E-state index contributed by atoms with van der Waals surface area (Å²) in [5.74, 6) is 0.504. The molecule has 1 aromatic heterocycles. The van der Waals surface area contributed by atoms with E-state index < -0.39 is 5.41 Å². The number of hydrogen-bond acceptors (Lipinski definition) is 2. The van der Waals surface area contributed by atoms with Crippen molar-refractivity contribution in [2.24, 2.45) is 5.41 Å². The summed E-state index contributed by atoms with van der Waals surface area (Å²) in [5, 5.41) is 1.01. The lowest BCUT2D eigenvalue weighted by atomic mass is 9.82. The largest absolute Gasteiger partial charge is 0.453 e. The fourth-order valence-corrected chi connectivity index (χ4v) is 2.15. The number of ketones is 1. The first-order chi connectivity index (χ1) is 9.15. The highest BCUT2D eigenvalue weighted by atomic mass is 16.3. The summed E-state index contributed by atoms with van der Waals surface area (Å²) in [7, 11) is 0. The predicted octanol–water partition coefficient (Wildman–Crippen LogP) is 5.35. The Morgan fingerprint density at radius 2 is 1.75 bits per heavy atom. The third kappa shape index (κ3) is 2.65. The van der Waals surface area contributed by atoms with Gasteiger partial charge in [0, 0.05) is 10.8 Å². The van der Waals surface area contributed by atoms with Crippen LogP contribution in [0.5, 0.6) is 0 Å². The van der Waals surface area contributed by atoms with Gasteiger partial charge in [0.1, 0.15) is 5.58 Å². The van der Waals surface area contributed by atoms with Gasteiger partial charge in [-0.2, -0.15) is 0 Å². The molecule has 0 fully saturated rings. The van der Waals surface area contributed by atoms with Gasteiger partial charge in [-0.05, 0) is 35.6 Å². The highest BCUT2D eigenvalue weighted by Crippen LogP contribution is 2.32. The van der Waals surface area contributed by atoms with Crippen molar-refractivity contribution >= 4 is 16.8 Å². The lowest BCUT2D eigenvalue weighted by Gasteiger charge is -2.23. The van der Waals surface area contributed by atoms with E-state index in [1.54, 1.807) is 0 Å². The molecule has 0 saturated carbocycles. The minimum absolute atomic E-state index is 0.0463. The molecule has 0 spiro atoms. The van der Waals surface area contributed by atoms with Crippen molar-refractivity contribution in [2.75, 3.05) is 0 Å². The number of fused-ring (bicyclic) bond motifs is 1. The van der Waals surface area contributed by atoms with Crippen molar-refractivity contribution in [2.45, 2.75) is 53.4 Å². The summed E-state index contributed by atoms with van der Waals surface area (Å²) in [6.07, 6.45) is 1.07. The Labute approximate surface area is 121 Å². The molecule has 2 aromatic rings. The number of furan rings is 1. The maximum absolute atomic E-state index is 12.3. The number of hydrogen-bond donors (Lipinski definition) is 0. The van der Waals surface area contributed by atoms with Crippen molar-refractivity contribution in [3.8, 4) is 0 Å². The summed E-state index contributed by atoms with van der Waals surface area (Å²) >= 11 is 0. The van der Waals surface area contributed by atoms with Gasteiger partial charge in [0.2, 0.25) is 5.78 Å². The van der Waals surface area contributed by atoms with E-state index in [1.807, 2.05) is 32.9 Å². The van der Waals surface area contributed by atoms with Gasteiger partial charge in [0.05, 0.1) is 0 Å². The maximum Gasteiger partial charge on any atom is 0.203 e. The van der Waals surface area contributed by atoms with Gasteiger partial charge in [-0.3, -0.25) is 4.79 Å². The van der Waals surface area contributed by atoms with Crippen LogP contribution < -0.4 is 0 Å². The van der Waals surface area contributed by atoms with E-state index in [0.29, 0.717) is 5.76 Å². The van der Waals surface area contributed by atoms with Crippen LogP contribution in [-0.4, -0.2) is 5.78 Å². The fourth-order valence-electron chi connectivity index (χ4n) is 2.15. The van der Waals surface area contributed by atoms with E-state index in [1.165, 1.54) is 5.56 Å². The van der Waals surface area contributed by atoms with Gasteiger partial charge in [-0.15, -0.1) is 0 Å². The molecule has 0 amide bonds. The summed E-state index contributed by atoms with van der Waals surface area (Å²) < 4.78 is 5.71. The summed E-state index contributed by atoms with van der Waals surface area (Å²) in [6.45, 7) is 12.4. The second-order valence-corrected chi connectivity index (χ2v) is 7.18. The molecule has 0 saturated heterocycles. The molecule has 0 aliphatic rings. The fraction of sp³-hybridized carbons (Fsp3) is 0.500. The zero-order valence-corrected chi connectivity index (χ0v) is 13.3. The first-order valence-corrected chi connectivity index (χ1v) is 7.24. The molecule has 2 rings (SSSR count). The second-order valence-electron chi connectivity index (χ2n) is 7.18. The Morgan fingerprint density at radius 1 is 1.10 bits per heavy atom. The van der Waals surface area contributed by atoms with E-state index >= 15 is 0 Å². The van der Waals surface area contributed by atoms with Gasteiger partial charge in [-0.1, -0.05) is 47.6 Å². The molecular formula is C18H24O2. The predicted molar refractivity (Wildman–Crippen MR) is 83.3 cm³/mol. The van der Waals surface area contributed by atoms with E-state index in [4.69, 9.17) is 4.42 Å². The lowest BCUT2D eigenvalue weighted by molar-refractivity contribution is 0.0831. The third-order valence-electron chi connectivity index (χ3n) is 4.09. The Hall–Kier alpha value is -1.57. The lowest BCUT2D eigenvalue weighted by Crippen LogP contribution is -2.19. The summed E-state index contributed by atoms with van der Waals surface area (Å²) in [5.41, 5.74) is 1.79.